The molecule has 2 rings (SSSR count). The number of aromatic nitrogens is 2. The summed E-state index contributed by atoms with van der Waals surface area (Å²) in [5.41, 5.74) is 1.13. The maximum Gasteiger partial charge on any atom is 0.163 e. The van der Waals surface area contributed by atoms with Gasteiger partial charge in [-0.1, -0.05) is 48.0 Å². The number of aldehydes is 1. The summed E-state index contributed by atoms with van der Waals surface area (Å²) in [5.74, 6) is 0.992. The largest absolute Gasteiger partial charge is 0.355 e. The van der Waals surface area contributed by atoms with Crippen LogP contribution in [0.4, 0.5) is 5.82 Å². The van der Waals surface area contributed by atoms with E-state index in [1.165, 1.54) is 0 Å². The maximum absolute atomic E-state index is 11.2. The van der Waals surface area contributed by atoms with Crippen molar-refractivity contribution in [2.75, 3.05) is 18.5 Å². The van der Waals surface area contributed by atoms with Gasteiger partial charge in [-0.15, -0.1) is 6.58 Å². The van der Waals surface area contributed by atoms with E-state index in [0.29, 0.717) is 24.5 Å². The smallest absolute Gasteiger partial charge is 0.163 e. The van der Waals surface area contributed by atoms with E-state index < -0.39 is 0 Å². The summed E-state index contributed by atoms with van der Waals surface area (Å²) in [4.78, 5) is 21.6. The molecule has 0 radical (unpaired) electrons. The topological polar surface area (TPSA) is 46.1 Å². The fourth-order valence-corrected chi connectivity index (χ4v) is 2.03. The molecule has 0 unspecified atom stereocenters. The molecular weight excluding hydrogens is 274 g/mol. The second-order valence-electron chi connectivity index (χ2n) is 4.23. The Morgan fingerprint density at radius 1 is 1.30 bits per heavy atom. The first-order valence-corrected chi connectivity index (χ1v) is 6.45. The van der Waals surface area contributed by atoms with E-state index in [-0.39, 0.29) is 10.7 Å². The number of anilines is 1. The lowest BCUT2D eigenvalue weighted by molar-refractivity contribution is 0.112. The highest BCUT2D eigenvalue weighted by Crippen LogP contribution is 2.26. The quantitative estimate of drug-likeness (QED) is 0.481. The number of carbonyl (C=O) groups excluding carboxylic acids is 1. The van der Waals surface area contributed by atoms with Crippen LogP contribution >= 0.6 is 11.6 Å². The molecule has 0 aliphatic carbocycles. The van der Waals surface area contributed by atoms with Crippen LogP contribution in [0.15, 0.2) is 43.0 Å². The fraction of sp³-hybridized carbons (Fsp3) is 0.133. The number of carbonyl (C=O) groups is 1. The van der Waals surface area contributed by atoms with Gasteiger partial charge >= 0.3 is 0 Å². The number of hydrogen-bond acceptors (Lipinski definition) is 4. The first-order chi connectivity index (χ1) is 9.67. The Balaban J connectivity index is 2.57. The van der Waals surface area contributed by atoms with Crippen LogP contribution in [0.5, 0.6) is 0 Å². The van der Waals surface area contributed by atoms with Gasteiger partial charge in [-0.25, -0.2) is 9.97 Å². The maximum atomic E-state index is 11.2. The zero-order valence-electron chi connectivity index (χ0n) is 11.1. The molecule has 1 aromatic carbocycles. The molecule has 20 heavy (non-hydrogen) atoms. The Morgan fingerprint density at radius 2 is 2.00 bits per heavy atom. The normalized spacial score (nSPS) is 10.1. The van der Waals surface area contributed by atoms with Gasteiger partial charge in [0.05, 0.1) is 5.56 Å². The third-order valence-electron chi connectivity index (χ3n) is 2.79. The molecule has 0 spiro atoms. The molecule has 0 saturated carbocycles. The van der Waals surface area contributed by atoms with E-state index in [9.17, 15) is 4.79 Å². The van der Waals surface area contributed by atoms with Gasteiger partial charge in [0.2, 0.25) is 0 Å². The first-order valence-electron chi connectivity index (χ1n) is 6.07. The predicted molar refractivity (Wildman–Crippen MR) is 81.3 cm³/mol. The Hall–Kier alpha value is -2.20. The Labute approximate surface area is 122 Å². The zero-order chi connectivity index (χ0) is 14.5. The van der Waals surface area contributed by atoms with Crippen LogP contribution in [-0.2, 0) is 0 Å². The first kappa shape index (κ1) is 14.2. The van der Waals surface area contributed by atoms with Crippen molar-refractivity contribution in [1.29, 1.82) is 0 Å². The van der Waals surface area contributed by atoms with Crippen molar-refractivity contribution in [2.45, 2.75) is 0 Å². The second-order valence-corrected chi connectivity index (χ2v) is 4.59. The minimum atomic E-state index is 0.153. The van der Waals surface area contributed by atoms with Gasteiger partial charge in [-0.2, -0.15) is 0 Å². The van der Waals surface area contributed by atoms with Gasteiger partial charge < -0.3 is 4.90 Å². The highest BCUT2D eigenvalue weighted by Gasteiger charge is 2.16. The number of benzene rings is 1. The lowest BCUT2D eigenvalue weighted by Gasteiger charge is -2.19. The van der Waals surface area contributed by atoms with E-state index in [4.69, 9.17) is 11.6 Å². The fourth-order valence-electron chi connectivity index (χ4n) is 1.82. The van der Waals surface area contributed by atoms with Gasteiger partial charge in [0.1, 0.15) is 11.0 Å². The van der Waals surface area contributed by atoms with Crippen molar-refractivity contribution < 1.29 is 4.79 Å². The molecule has 102 valence electrons. The van der Waals surface area contributed by atoms with Crippen molar-refractivity contribution in [1.82, 2.24) is 9.97 Å². The SMILES string of the molecule is C=CCN(C)c1nc(-c2ccccc2)nc(Cl)c1C=O. The summed E-state index contributed by atoms with van der Waals surface area (Å²) in [7, 11) is 1.82. The van der Waals surface area contributed by atoms with Crippen LogP contribution in [0.25, 0.3) is 11.4 Å². The van der Waals surface area contributed by atoms with Crippen molar-refractivity contribution in [3.05, 3.63) is 53.7 Å². The molecule has 0 amide bonds. The third-order valence-corrected chi connectivity index (χ3v) is 3.08. The van der Waals surface area contributed by atoms with Crippen molar-refractivity contribution in [2.24, 2.45) is 0 Å². The van der Waals surface area contributed by atoms with Crippen molar-refractivity contribution in [3.8, 4) is 11.4 Å². The molecule has 1 heterocycles. The highest BCUT2D eigenvalue weighted by atomic mass is 35.5. The standard InChI is InChI=1S/C15H14ClN3O/c1-3-9-19(2)15-12(10-20)13(16)17-14(18-15)11-7-5-4-6-8-11/h3-8,10H,1,9H2,2H3. The van der Waals surface area contributed by atoms with E-state index in [1.54, 1.807) is 11.0 Å². The van der Waals surface area contributed by atoms with Crippen LogP contribution in [-0.4, -0.2) is 29.8 Å². The van der Waals surface area contributed by atoms with E-state index >= 15 is 0 Å². The summed E-state index contributed by atoms with van der Waals surface area (Å²) in [6.45, 7) is 4.24. The Morgan fingerprint density at radius 3 is 2.60 bits per heavy atom. The van der Waals surface area contributed by atoms with E-state index in [1.807, 2.05) is 37.4 Å². The summed E-state index contributed by atoms with van der Waals surface area (Å²) in [5, 5.41) is 0.153. The third kappa shape index (κ3) is 2.86. The monoisotopic (exact) mass is 287 g/mol. The summed E-state index contributed by atoms with van der Waals surface area (Å²) in [6.07, 6.45) is 2.40. The van der Waals surface area contributed by atoms with E-state index in [0.717, 1.165) is 5.56 Å². The van der Waals surface area contributed by atoms with Crippen molar-refractivity contribution in [3.63, 3.8) is 0 Å². The van der Waals surface area contributed by atoms with Gasteiger partial charge in [-0.3, -0.25) is 4.79 Å². The van der Waals surface area contributed by atoms with Crippen LogP contribution in [0.1, 0.15) is 10.4 Å². The predicted octanol–water partition coefficient (Wildman–Crippen LogP) is 3.23. The van der Waals surface area contributed by atoms with Crippen LogP contribution in [0.3, 0.4) is 0 Å². The second kappa shape index (κ2) is 6.30. The average Bonchev–Trinajstić information content (AvgIpc) is 2.47. The van der Waals surface area contributed by atoms with Gasteiger partial charge in [0, 0.05) is 19.2 Å². The number of likely N-dealkylation sites (N-methyl/N-ethyl adjacent to an activating group) is 1. The van der Waals surface area contributed by atoms with Crippen LogP contribution in [0.2, 0.25) is 5.15 Å². The number of nitrogens with zero attached hydrogens (tertiary/aromatic N) is 3. The molecule has 5 heteroatoms. The summed E-state index contributed by atoms with van der Waals surface area (Å²) in [6, 6.07) is 9.49. The molecule has 0 saturated heterocycles. The number of halogens is 1. The number of hydrogen-bond donors (Lipinski definition) is 0. The average molecular weight is 288 g/mol. The molecule has 0 N–H and O–H groups in total. The minimum Gasteiger partial charge on any atom is -0.355 e. The molecule has 0 atom stereocenters. The number of rotatable bonds is 5. The lowest BCUT2D eigenvalue weighted by Crippen LogP contribution is -2.20. The van der Waals surface area contributed by atoms with Crippen LogP contribution < -0.4 is 4.90 Å². The molecule has 1 aromatic heterocycles. The molecular formula is C15H14ClN3O. The Kier molecular flexibility index (Phi) is 4.48. The van der Waals surface area contributed by atoms with Gasteiger partial charge in [-0.05, 0) is 0 Å². The molecule has 0 aliphatic rings. The molecule has 0 fully saturated rings. The molecule has 2 aromatic rings. The summed E-state index contributed by atoms with van der Waals surface area (Å²) >= 11 is 6.09. The van der Waals surface area contributed by atoms with Gasteiger partial charge in [0.25, 0.3) is 0 Å². The molecule has 4 nitrogen and oxygen atoms in total. The van der Waals surface area contributed by atoms with Gasteiger partial charge in [0.15, 0.2) is 12.1 Å². The van der Waals surface area contributed by atoms with Crippen molar-refractivity contribution >= 4 is 23.7 Å². The molecule has 0 aliphatic heterocycles. The highest BCUT2D eigenvalue weighted by molar-refractivity contribution is 6.32. The summed E-state index contributed by atoms with van der Waals surface area (Å²) < 4.78 is 0. The molecule has 0 bridgehead atoms. The van der Waals surface area contributed by atoms with E-state index in [2.05, 4.69) is 16.5 Å². The van der Waals surface area contributed by atoms with Crippen LogP contribution in [0, 0.1) is 0 Å². The lowest BCUT2D eigenvalue weighted by atomic mass is 10.2. The zero-order valence-corrected chi connectivity index (χ0v) is 11.8. The Bertz CT molecular complexity index is 629. The minimum absolute atomic E-state index is 0.153.